The summed E-state index contributed by atoms with van der Waals surface area (Å²) in [5, 5.41) is 6.47. The molecule has 0 aliphatic rings. The van der Waals surface area contributed by atoms with Crippen LogP contribution in [0.1, 0.15) is 16.2 Å². The van der Waals surface area contributed by atoms with Crippen molar-refractivity contribution in [1.82, 2.24) is 14.6 Å². The first kappa shape index (κ1) is 13.2. The second-order valence-electron chi connectivity index (χ2n) is 4.46. The van der Waals surface area contributed by atoms with Crippen molar-refractivity contribution in [3.05, 3.63) is 59.6 Å². The Morgan fingerprint density at radius 1 is 1.24 bits per heavy atom. The molecular weight excluding hydrogens is 278 g/mol. The van der Waals surface area contributed by atoms with Gasteiger partial charge in [-0.25, -0.2) is 18.3 Å². The van der Waals surface area contributed by atoms with Crippen LogP contribution in [0.5, 0.6) is 0 Å². The Bertz CT molecular complexity index is 844. The molecule has 0 fully saturated rings. The van der Waals surface area contributed by atoms with Crippen LogP contribution in [0.4, 0.5) is 14.5 Å². The lowest BCUT2D eigenvalue weighted by Crippen LogP contribution is -2.17. The van der Waals surface area contributed by atoms with E-state index in [0.717, 1.165) is 18.2 Å². The number of anilines is 1. The van der Waals surface area contributed by atoms with Gasteiger partial charge in [-0.3, -0.25) is 4.79 Å². The largest absolute Gasteiger partial charge is 0.318 e. The molecule has 0 unspecified atom stereocenters. The van der Waals surface area contributed by atoms with E-state index in [-0.39, 0.29) is 11.4 Å². The van der Waals surface area contributed by atoms with Crippen LogP contribution in [0.2, 0.25) is 0 Å². The summed E-state index contributed by atoms with van der Waals surface area (Å²) in [6, 6.07) is 6.00. The van der Waals surface area contributed by atoms with E-state index in [1.807, 2.05) is 0 Å². The van der Waals surface area contributed by atoms with Gasteiger partial charge in [-0.05, 0) is 25.1 Å². The molecule has 0 aliphatic heterocycles. The second kappa shape index (κ2) is 4.93. The van der Waals surface area contributed by atoms with Gasteiger partial charge < -0.3 is 5.32 Å². The SMILES string of the molecule is Cc1cc2nccc(C(=O)Nc3cc(F)ccc3F)n2n1. The fraction of sp³-hybridized carbons (Fsp3) is 0.0714. The van der Waals surface area contributed by atoms with Crippen LogP contribution in [0.15, 0.2) is 36.5 Å². The zero-order valence-corrected chi connectivity index (χ0v) is 11.0. The first-order chi connectivity index (χ1) is 10.0. The molecule has 21 heavy (non-hydrogen) atoms. The predicted molar refractivity (Wildman–Crippen MR) is 72.0 cm³/mol. The highest BCUT2D eigenvalue weighted by Crippen LogP contribution is 2.16. The van der Waals surface area contributed by atoms with Crippen molar-refractivity contribution in [2.75, 3.05) is 5.32 Å². The highest BCUT2D eigenvalue weighted by atomic mass is 19.1. The molecule has 0 spiro atoms. The molecule has 0 saturated carbocycles. The molecule has 1 amide bonds. The van der Waals surface area contributed by atoms with E-state index >= 15 is 0 Å². The van der Waals surface area contributed by atoms with E-state index in [1.54, 1.807) is 13.0 Å². The molecule has 0 aliphatic carbocycles. The molecule has 1 aromatic carbocycles. The second-order valence-corrected chi connectivity index (χ2v) is 4.46. The third kappa shape index (κ3) is 2.45. The van der Waals surface area contributed by atoms with Gasteiger partial charge in [-0.15, -0.1) is 0 Å². The topological polar surface area (TPSA) is 59.3 Å². The summed E-state index contributed by atoms with van der Waals surface area (Å²) < 4.78 is 28.0. The Hall–Kier alpha value is -2.83. The number of aryl methyl sites for hydroxylation is 1. The smallest absolute Gasteiger partial charge is 0.274 e. The minimum atomic E-state index is -0.716. The van der Waals surface area contributed by atoms with Crippen LogP contribution in [-0.4, -0.2) is 20.5 Å². The number of benzene rings is 1. The van der Waals surface area contributed by atoms with Gasteiger partial charge >= 0.3 is 0 Å². The summed E-state index contributed by atoms with van der Waals surface area (Å²) in [4.78, 5) is 16.3. The summed E-state index contributed by atoms with van der Waals surface area (Å²) in [6.07, 6.45) is 1.45. The lowest BCUT2D eigenvalue weighted by Gasteiger charge is -2.07. The lowest BCUT2D eigenvalue weighted by molar-refractivity contribution is 0.101. The van der Waals surface area contributed by atoms with Crippen molar-refractivity contribution in [2.24, 2.45) is 0 Å². The maximum atomic E-state index is 13.5. The van der Waals surface area contributed by atoms with E-state index < -0.39 is 17.5 Å². The monoisotopic (exact) mass is 288 g/mol. The molecule has 0 atom stereocenters. The van der Waals surface area contributed by atoms with Gasteiger partial charge in [-0.2, -0.15) is 5.10 Å². The number of hydrogen-bond acceptors (Lipinski definition) is 3. The number of hydrogen-bond donors (Lipinski definition) is 1. The minimum Gasteiger partial charge on any atom is -0.318 e. The van der Waals surface area contributed by atoms with Crippen LogP contribution >= 0.6 is 0 Å². The molecule has 3 rings (SSSR count). The first-order valence-electron chi connectivity index (χ1n) is 6.12. The number of amides is 1. The molecule has 0 bridgehead atoms. The zero-order valence-electron chi connectivity index (χ0n) is 11.0. The molecule has 1 N–H and O–H groups in total. The molecule has 0 saturated heterocycles. The standard InChI is InChI=1S/C14H10F2N4O/c1-8-6-13-17-5-4-12(20(13)19-8)14(21)18-11-7-9(15)2-3-10(11)16/h2-7H,1H3,(H,18,21). The number of aromatic nitrogens is 3. The normalized spacial score (nSPS) is 10.8. The number of carbonyl (C=O) groups is 1. The molecule has 0 radical (unpaired) electrons. The molecule has 5 nitrogen and oxygen atoms in total. The summed E-state index contributed by atoms with van der Waals surface area (Å²) >= 11 is 0. The number of rotatable bonds is 2. The number of fused-ring (bicyclic) bond motifs is 1. The van der Waals surface area contributed by atoms with Gasteiger partial charge in [0.15, 0.2) is 5.65 Å². The van der Waals surface area contributed by atoms with E-state index in [9.17, 15) is 13.6 Å². The Labute approximate surface area is 118 Å². The summed E-state index contributed by atoms with van der Waals surface area (Å²) in [6.45, 7) is 1.77. The molecular formula is C14H10F2N4O. The number of carbonyl (C=O) groups excluding carboxylic acids is 1. The number of nitrogens with one attached hydrogen (secondary N) is 1. The predicted octanol–water partition coefficient (Wildman–Crippen LogP) is 2.57. The lowest BCUT2D eigenvalue weighted by atomic mass is 10.2. The van der Waals surface area contributed by atoms with E-state index in [0.29, 0.717) is 11.3 Å². The highest BCUT2D eigenvalue weighted by Gasteiger charge is 2.14. The third-order valence-corrected chi connectivity index (χ3v) is 2.89. The molecule has 3 aromatic rings. The number of nitrogens with zero attached hydrogens (tertiary/aromatic N) is 3. The zero-order chi connectivity index (χ0) is 15.0. The average Bonchev–Trinajstić information content (AvgIpc) is 2.82. The molecule has 2 heterocycles. The van der Waals surface area contributed by atoms with Crippen molar-refractivity contribution in [3.8, 4) is 0 Å². The molecule has 2 aromatic heterocycles. The van der Waals surface area contributed by atoms with Gasteiger partial charge in [0.2, 0.25) is 0 Å². The fourth-order valence-electron chi connectivity index (χ4n) is 1.96. The van der Waals surface area contributed by atoms with Gasteiger partial charge in [0.25, 0.3) is 5.91 Å². The Morgan fingerprint density at radius 3 is 2.86 bits per heavy atom. The summed E-state index contributed by atoms with van der Waals surface area (Å²) in [7, 11) is 0. The van der Waals surface area contributed by atoms with Crippen molar-refractivity contribution in [1.29, 1.82) is 0 Å². The van der Waals surface area contributed by atoms with E-state index in [2.05, 4.69) is 15.4 Å². The number of halogens is 2. The van der Waals surface area contributed by atoms with Gasteiger partial charge in [0.05, 0.1) is 11.4 Å². The van der Waals surface area contributed by atoms with Crippen LogP contribution in [-0.2, 0) is 0 Å². The van der Waals surface area contributed by atoms with Crippen LogP contribution < -0.4 is 5.32 Å². The highest BCUT2D eigenvalue weighted by molar-refractivity contribution is 6.03. The Balaban J connectivity index is 1.99. The van der Waals surface area contributed by atoms with E-state index in [1.165, 1.54) is 16.8 Å². The molecule has 106 valence electrons. The first-order valence-corrected chi connectivity index (χ1v) is 6.12. The van der Waals surface area contributed by atoms with Crippen molar-refractivity contribution < 1.29 is 13.6 Å². The summed E-state index contributed by atoms with van der Waals surface area (Å²) in [5.74, 6) is -1.96. The van der Waals surface area contributed by atoms with Gasteiger partial charge in [0.1, 0.15) is 17.3 Å². The van der Waals surface area contributed by atoms with E-state index in [4.69, 9.17) is 0 Å². The molecule has 7 heteroatoms. The van der Waals surface area contributed by atoms with Gasteiger partial charge in [-0.1, -0.05) is 0 Å². The van der Waals surface area contributed by atoms with Crippen molar-refractivity contribution in [3.63, 3.8) is 0 Å². The summed E-state index contributed by atoms with van der Waals surface area (Å²) in [5.41, 5.74) is 1.14. The van der Waals surface area contributed by atoms with Gasteiger partial charge in [0, 0.05) is 18.3 Å². The minimum absolute atomic E-state index is 0.178. The van der Waals surface area contributed by atoms with Crippen LogP contribution in [0.25, 0.3) is 5.65 Å². The Morgan fingerprint density at radius 2 is 2.05 bits per heavy atom. The van der Waals surface area contributed by atoms with Crippen molar-refractivity contribution >= 4 is 17.2 Å². The fourth-order valence-corrected chi connectivity index (χ4v) is 1.96. The third-order valence-electron chi connectivity index (χ3n) is 2.89. The maximum absolute atomic E-state index is 13.5. The van der Waals surface area contributed by atoms with Crippen LogP contribution in [0.3, 0.4) is 0 Å². The van der Waals surface area contributed by atoms with Crippen LogP contribution in [0, 0.1) is 18.6 Å². The maximum Gasteiger partial charge on any atom is 0.274 e. The quantitative estimate of drug-likeness (QED) is 0.788. The van der Waals surface area contributed by atoms with Crippen molar-refractivity contribution in [2.45, 2.75) is 6.92 Å². The average molecular weight is 288 g/mol. The Kier molecular flexibility index (Phi) is 3.09.